The third-order valence-corrected chi connectivity index (χ3v) is 2.58. The molecule has 0 saturated heterocycles. The topological polar surface area (TPSA) is 32.3 Å². The number of para-hydroxylation sites is 1. The SMILES string of the molecule is CC(C)(C)C(CCO)Nc1ccccc1. The van der Waals surface area contributed by atoms with Crippen LogP contribution >= 0.6 is 0 Å². The summed E-state index contributed by atoms with van der Waals surface area (Å²) in [5.41, 5.74) is 1.27. The van der Waals surface area contributed by atoms with Crippen molar-refractivity contribution in [3.8, 4) is 0 Å². The van der Waals surface area contributed by atoms with Crippen LogP contribution < -0.4 is 5.32 Å². The highest BCUT2D eigenvalue weighted by molar-refractivity contribution is 5.43. The lowest BCUT2D eigenvalue weighted by Gasteiger charge is -2.32. The van der Waals surface area contributed by atoms with Gasteiger partial charge in [-0.1, -0.05) is 39.0 Å². The minimum atomic E-state index is 0.151. The van der Waals surface area contributed by atoms with E-state index in [9.17, 15) is 0 Å². The molecule has 0 saturated carbocycles. The van der Waals surface area contributed by atoms with Crippen molar-refractivity contribution < 1.29 is 5.11 Å². The Kier molecular flexibility index (Phi) is 4.15. The zero-order valence-electron chi connectivity index (χ0n) is 9.83. The monoisotopic (exact) mass is 207 g/mol. The number of benzene rings is 1. The van der Waals surface area contributed by atoms with E-state index in [1.807, 2.05) is 18.2 Å². The normalized spacial score (nSPS) is 13.6. The molecular formula is C13H21NO. The summed E-state index contributed by atoms with van der Waals surface area (Å²) in [6.45, 7) is 6.78. The fourth-order valence-corrected chi connectivity index (χ4v) is 1.59. The van der Waals surface area contributed by atoms with Crippen LogP contribution in [0.1, 0.15) is 27.2 Å². The Morgan fingerprint density at radius 3 is 2.27 bits per heavy atom. The summed E-state index contributed by atoms with van der Waals surface area (Å²) in [6.07, 6.45) is 0.776. The molecule has 0 aliphatic carbocycles. The molecule has 2 N–H and O–H groups in total. The van der Waals surface area contributed by atoms with Gasteiger partial charge in [-0.3, -0.25) is 0 Å². The molecule has 84 valence electrons. The van der Waals surface area contributed by atoms with E-state index >= 15 is 0 Å². The summed E-state index contributed by atoms with van der Waals surface area (Å²) in [5.74, 6) is 0. The molecule has 0 aliphatic heterocycles. The van der Waals surface area contributed by atoms with Crippen LogP contribution in [0.3, 0.4) is 0 Å². The van der Waals surface area contributed by atoms with Gasteiger partial charge >= 0.3 is 0 Å². The molecule has 0 heterocycles. The Labute approximate surface area is 92.3 Å². The number of hydrogen-bond donors (Lipinski definition) is 2. The van der Waals surface area contributed by atoms with Crippen molar-refractivity contribution in [3.05, 3.63) is 30.3 Å². The fourth-order valence-electron chi connectivity index (χ4n) is 1.59. The highest BCUT2D eigenvalue weighted by Gasteiger charge is 2.23. The maximum absolute atomic E-state index is 9.04. The number of aliphatic hydroxyl groups is 1. The first kappa shape index (κ1) is 12.1. The smallest absolute Gasteiger partial charge is 0.0450 e. The Bertz CT molecular complexity index is 276. The molecule has 0 amide bonds. The van der Waals surface area contributed by atoms with Crippen LogP contribution in [0.15, 0.2) is 30.3 Å². The summed E-state index contributed by atoms with van der Waals surface area (Å²) in [7, 11) is 0. The molecule has 0 bridgehead atoms. The van der Waals surface area contributed by atoms with E-state index in [2.05, 4.69) is 38.2 Å². The van der Waals surface area contributed by atoms with Gasteiger partial charge in [0.1, 0.15) is 0 Å². The molecule has 0 radical (unpaired) electrons. The van der Waals surface area contributed by atoms with Gasteiger partial charge in [0.25, 0.3) is 0 Å². The lowest BCUT2D eigenvalue weighted by molar-refractivity contribution is 0.235. The summed E-state index contributed by atoms with van der Waals surface area (Å²) >= 11 is 0. The fraction of sp³-hybridized carbons (Fsp3) is 0.538. The lowest BCUT2D eigenvalue weighted by Crippen LogP contribution is -2.34. The molecule has 1 aromatic rings. The zero-order valence-corrected chi connectivity index (χ0v) is 9.83. The average molecular weight is 207 g/mol. The summed E-state index contributed by atoms with van der Waals surface area (Å²) < 4.78 is 0. The second kappa shape index (κ2) is 5.17. The molecule has 15 heavy (non-hydrogen) atoms. The molecular weight excluding hydrogens is 186 g/mol. The quantitative estimate of drug-likeness (QED) is 0.795. The van der Waals surface area contributed by atoms with Crippen molar-refractivity contribution in [2.24, 2.45) is 5.41 Å². The third kappa shape index (κ3) is 3.92. The summed E-state index contributed by atoms with van der Waals surface area (Å²) in [4.78, 5) is 0. The van der Waals surface area contributed by atoms with Gasteiger partial charge in [0.15, 0.2) is 0 Å². The first-order chi connectivity index (χ1) is 7.04. The second-order valence-electron chi connectivity index (χ2n) is 4.94. The van der Waals surface area contributed by atoms with Gasteiger partial charge in [0.05, 0.1) is 0 Å². The largest absolute Gasteiger partial charge is 0.396 e. The van der Waals surface area contributed by atoms with Crippen LogP contribution in [-0.2, 0) is 0 Å². The van der Waals surface area contributed by atoms with Crippen LogP contribution in [0, 0.1) is 5.41 Å². The van der Waals surface area contributed by atoms with Gasteiger partial charge in [-0.05, 0) is 24.0 Å². The van der Waals surface area contributed by atoms with Crippen LogP contribution in [0.5, 0.6) is 0 Å². The first-order valence-corrected chi connectivity index (χ1v) is 5.46. The van der Waals surface area contributed by atoms with Crippen LogP contribution in [-0.4, -0.2) is 17.8 Å². The van der Waals surface area contributed by atoms with E-state index < -0.39 is 0 Å². The highest BCUT2D eigenvalue weighted by atomic mass is 16.3. The first-order valence-electron chi connectivity index (χ1n) is 5.46. The average Bonchev–Trinajstić information content (AvgIpc) is 2.17. The number of anilines is 1. The van der Waals surface area contributed by atoms with Gasteiger partial charge in [0.2, 0.25) is 0 Å². The summed E-state index contributed by atoms with van der Waals surface area (Å²) in [5, 5.41) is 12.5. The zero-order chi connectivity index (χ0) is 11.3. The maximum atomic E-state index is 9.04. The number of aliphatic hydroxyl groups excluding tert-OH is 1. The van der Waals surface area contributed by atoms with E-state index in [0.29, 0.717) is 6.04 Å². The van der Waals surface area contributed by atoms with Crippen molar-refractivity contribution >= 4 is 5.69 Å². The van der Waals surface area contributed by atoms with E-state index in [1.165, 1.54) is 0 Å². The molecule has 2 nitrogen and oxygen atoms in total. The number of rotatable bonds is 4. The van der Waals surface area contributed by atoms with E-state index in [-0.39, 0.29) is 12.0 Å². The number of nitrogens with one attached hydrogen (secondary N) is 1. The molecule has 1 rings (SSSR count). The molecule has 0 aromatic heterocycles. The molecule has 1 aromatic carbocycles. The minimum Gasteiger partial charge on any atom is -0.396 e. The highest BCUT2D eigenvalue weighted by Crippen LogP contribution is 2.25. The van der Waals surface area contributed by atoms with Gasteiger partial charge in [-0.2, -0.15) is 0 Å². The van der Waals surface area contributed by atoms with Gasteiger partial charge in [0, 0.05) is 18.3 Å². The Balaban J connectivity index is 2.67. The Morgan fingerprint density at radius 2 is 1.80 bits per heavy atom. The molecule has 1 unspecified atom stereocenters. The van der Waals surface area contributed by atoms with Gasteiger partial charge < -0.3 is 10.4 Å². The number of hydrogen-bond acceptors (Lipinski definition) is 2. The predicted molar refractivity (Wildman–Crippen MR) is 65.0 cm³/mol. The van der Waals surface area contributed by atoms with Crippen molar-refractivity contribution in [3.63, 3.8) is 0 Å². The van der Waals surface area contributed by atoms with Crippen molar-refractivity contribution in [1.82, 2.24) is 0 Å². The molecule has 0 aliphatic rings. The molecule has 0 spiro atoms. The molecule has 2 heteroatoms. The summed E-state index contributed by atoms with van der Waals surface area (Å²) in [6, 6.07) is 10.4. The standard InChI is InChI=1S/C13H21NO/c1-13(2,3)12(9-10-15)14-11-7-5-4-6-8-11/h4-8,12,14-15H,9-10H2,1-3H3. The van der Waals surface area contributed by atoms with E-state index in [4.69, 9.17) is 5.11 Å². The molecule has 1 atom stereocenters. The van der Waals surface area contributed by atoms with E-state index in [1.54, 1.807) is 0 Å². The van der Waals surface area contributed by atoms with Crippen LogP contribution in [0.25, 0.3) is 0 Å². The lowest BCUT2D eigenvalue weighted by atomic mass is 9.85. The van der Waals surface area contributed by atoms with Crippen molar-refractivity contribution in [1.29, 1.82) is 0 Å². The van der Waals surface area contributed by atoms with E-state index in [0.717, 1.165) is 12.1 Å². The van der Waals surface area contributed by atoms with Gasteiger partial charge in [-0.15, -0.1) is 0 Å². The maximum Gasteiger partial charge on any atom is 0.0450 e. The molecule has 0 fully saturated rings. The van der Waals surface area contributed by atoms with Gasteiger partial charge in [-0.25, -0.2) is 0 Å². The van der Waals surface area contributed by atoms with Crippen LogP contribution in [0.2, 0.25) is 0 Å². The Morgan fingerprint density at radius 1 is 1.20 bits per heavy atom. The van der Waals surface area contributed by atoms with Crippen molar-refractivity contribution in [2.45, 2.75) is 33.2 Å². The minimum absolute atomic E-state index is 0.151. The van der Waals surface area contributed by atoms with Crippen molar-refractivity contribution in [2.75, 3.05) is 11.9 Å². The third-order valence-electron chi connectivity index (χ3n) is 2.58. The van der Waals surface area contributed by atoms with Crippen LogP contribution in [0.4, 0.5) is 5.69 Å². The predicted octanol–water partition coefficient (Wildman–Crippen LogP) is 2.90. The second-order valence-corrected chi connectivity index (χ2v) is 4.94. The Hall–Kier alpha value is -1.02.